The number of halogens is 3. The summed E-state index contributed by atoms with van der Waals surface area (Å²) in [5, 5.41) is 2.65. The van der Waals surface area contributed by atoms with Crippen molar-refractivity contribution in [2.24, 2.45) is 0 Å². The Bertz CT molecular complexity index is 624. The predicted octanol–water partition coefficient (Wildman–Crippen LogP) is 1.74. The number of aromatic nitrogens is 3. The third kappa shape index (κ3) is 2.17. The van der Waals surface area contributed by atoms with Gasteiger partial charge in [-0.05, 0) is 13.8 Å². The SMILES string of the molecule is Cc1cc2nc(C)c(CC(F)(F)F)c(=O)n2[nH]1. The van der Waals surface area contributed by atoms with Gasteiger partial charge in [-0.15, -0.1) is 0 Å². The molecule has 0 aliphatic rings. The van der Waals surface area contributed by atoms with E-state index >= 15 is 0 Å². The zero-order chi connectivity index (χ0) is 12.8. The molecule has 92 valence electrons. The fourth-order valence-corrected chi connectivity index (χ4v) is 1.69. The van der Waals surface area contributed by atoms with Gasteiger partial charge in [0.15, 0.2) is 5.65 Å². The van der Waals surface area contributed by atoms with Crippen LogP contribution in [0.2, 0.25) is 0 Å². The van der Waals surface area contributed by atoms with Crippen molar-refractivity contribution >= 4 is 5.65 Å². The molecule has 0 amide bonds. The molecule has 0 bridgehead atoms. The Hall–Kier alpha value is -1.79. The number of aromatic amines is 1. The lowest BCUT2D eigenvalue weighted by atomic mass is 10.1. The molecular formula is C10H10F3N3O. The minimum atomic E-state index is -4.42. The molecule has 2 heterocycles. The number of nitrogens with one attached hydrogen (secondary N) is 1. The average molecular weight is 245 g/mol. The molecule has 2 aromatic rings. The van der Waals surface area contributed by atoms with Gasteiger partial charge in [-0.1, -0.05) is 0 Å². The van der Waals surface area contributed by atoms with Gasteiger partial charge in [-0.3, -0.25) is 9.89 Å². The maximum absolute atomic E-state index is 12.3. The molecule has 0 aromatic carbocycles. The van der Waals surface area contributed by atoms with Crippen molar-refractivity contribution in [3.8, 4) is 0 Å². The molecule has 0 fully saturated rings. The second-order valence-electron chi connectivity index (χ2n) is 3.91. The Kier molecular flexibility index (Phi) is 2.48. The highest BCUT2D eigenvalue weighted by atomic mass is 19.4. The van der Waals surface area contributed by atoms with E-state index in [9.17, 15) is 18.0 Å². The molecule has 0 radical (unpaired) electrons. The lowest BCUT2D eigenvalue weighted by molar-refractivity contribution is -0.127. The van der Waals surface area contributed by atoms with E-state index in [-0.39, 0.29) is 11.3 Å². The molecule has 0 unspecified atom stereocenters. The molecule has 0 spiro atoms. The van der Waals surface area contributed by atoms with Crippen LogP contribution >= 0.6 is 0 Å². The first-order chi connectivity index (χ1) is 7.78. The summed E-state index contributed by atoms with van der Waals surface area (Å²) in [7, 11) is 0. The van der Waals surface area contributed by atoms with Crippen LogP contribution in [-0.4, -0.2) is 20.8 Å². The highest BCUT2D eigenvalue weighted by Gasteiger charge is 2.31. The van der Waals surface area contributed by atoms with Crippen LogP contribution < -0.4 is 5.56 Å². The van der Waals surface area contributed by atoms with Crippen molar-refractivity contribution in [1.82, 2.24) is 14.6 Å². The van der Waals surface area contributed by atoms with Crippen LogP contribution in [0.4, 0.5) is 13.2 Å². The van der Waals surface area contributed by atoms with Gasteiger partial charge in [-0.25, -0.2) is 9.50 Å². The van der Waals surface area contributed by atoms with Gasteiger partial charge in [0.25, 0.3) is 5.56 Å². The summed E-state index contributed by atoms with van der Waals surface area (Å²) in [5.41, 5.74) is 0.0928. The molecule has 0 aliphatic heterocycles. The number of hydrogen-bond donors (Lipinski definition) is 1. The van der Waals surface area contributed by atoms with E-state index in [4.69, 9.17) is 0 Å². The summed E-state index contributed by atoms with van der Waals surface area (Å²) in [5.74, 6) is 0. The third-order valence-corrected chi connectivity index (χ3v) is 2.42. The van der Waals surface area contributed by atoms with Crippen LogP contribution in [0.5, 0.6) is 0 Å². The van der Waals surface area contributed by atoms with Crippen LogP contribution in [-0.2, 0) is 6.42 Å². The van der Waals surface area contributed by atoms with Crippen molar-refractivity contribution in [2.45, 2.75) is 26.4 Å². The van der Waals surface area contributed by atoms with E-state index in [2.05, 4.69) is 10.1 Å². The molecule has 4 nitrogen and oxygen atoms in total. The predicted molar refractivity (Wildman–Crippen MR) is 55.0 cm³/mol. The highest BCUT2D eigenvalue weighted by molar-refractivity contribution is 5.41. The molecule has 2 aromatic heterocycles. The molecule has 17 heavy (non-hydrogen) atoms. The van der Waals surface area contributed by atoms with Crippen LogP contribution in [0.1, 0.15) is 17.0 Å². The molecule has 1 N–H and O–H groups in total. The minimum absolute atomic E-state index is 0.117. The van der Waals surface area contributed by atoms with Gasteiger partial charge >= 0.3 is 6.18 Å². The third-order valence-electron chi connectivity index (χ3n) is 2.42. The fourth-order valence-electron chi connectivity index (χ4n) is 1.69. The number of nitrogens with zero attached hydrogens (tertiary/aromatic N) is 2. The van der Waals surface area contributed by atoms with Gasteiger partial charge in [0.2, 0.25) is 0 Å². The Morgan fingerprint density at radius 1 is 1.41 bits per heavy atom. The van der Waals surface area contributed by atoms with Gasteiger partial charge in [-0.2, -0.15) is 13.2 Å². The summed E-state index contributed by atoms with van der Waals surface area (Å²) in [6, 6.07) is 1.60. The van der Waals surface area contributed by atoms with E-state index in [0.717, 1.165) is 4.52 Å². The van der Waals surface area contributed by atoms with E-state index in [1.807, 2.05) is 0 Å². The number of fused-ring (bicyclic) bond motifs is 1. The zero-order valence-electron chi connectivity index (χ0n) is 9.22. The number of alkyl halides is 3. The normalized spacial score (nSPS) is 12.3. The maximum atomic E-state index is 12.3. The minimum Gasteiger partial charge on any atom is -0.294 e. The first-order valence-electron chi connectivity index (χ1n) is 4.92. The number of hydrogen-bond acceptors (Lipinski definition) is 2. The van der Waals surface area contributed by atoms with Crippen molar-refractivity contribution < 1.29 is 13.2 Å². The average Bonchev–Trinajstić information content (AvgIpc) is 2.52. The van der Waals surface area contributed by atoms with Crippen molar-refractivity contribution in [3.05, 3.63) is 33.4 Å². The number of H-pyrrole nitrogens is 1. The molecule has 0 atom stereocenters. The topological polar surface area (TPSA) is 50.2 Å². The monoisotopic (exact) mass is 245 g/mol. The first-order valence-corrected chi connectivity index (χ1v) is 4.92. The lowest BCUT2D eigenvalue weighted by Crippen LogP contribution is -2.26. The Morgan fingerprint density at radius 2 is 2.06 bits per heavy atom. The van der Waals surface area contributed by atoms with E-state index in [1.54, 1.807) is 13.0 Å². The van der Waals surface area contributed by atoms with Gasteiger partial charge in [0, 0.05) is 23.0 Å². The van der Waals surface area contributed by atoms with Crippen LogP contribution in [0.3, 0.4) is 0 Å². The smallest absolute Gasteiger partial charge is 0.294 e. The van der Waals surface area contributed by atoms with E-state index in [0.29, 0.717) is 11.3 Å². The van der Waals surface area contributed by atoms with Gasteiger partial charge in [0.05, 0.1) is 6.42 Å². The molecule has 0 saturated heterocycles. The Balaban J connectivity index is 2.67. The van der Waals surface area contributed by atoms with E-state index < -0.39 is 18.2 Å². The van der Waals surface area contributed by atoms with E-state index in [1.165, 1.54) is 6.92 Å². The van der Waals surface area contributed by atoms with Crippen LogP contribution in [0.25, 0.3) is 5.65 Å². The number of rotatable bonds is 1. The standard InChI is InChI=1S/C10H10F3N3O/c1-5-3-8-14-6(2)7(4-10(11,12)13)9(17)16(8)15-5/h3,15H,4H2,1-2H3. The summed E-state index contributed by atoms with van der Waals surface area (Å²) in [4.78, 5) is 15.8. The van der Waals surface area contributed by atoms with Crippen LogP contribution in [0, 0.1) is 13.8 Å². The Morgan fingerprint density at radius 3 is 2.65 bits per heavy atom. The zero-order valence-corrected chi connectivity index (χ0v) is 9.22. The van der Waals surface area contributed by atoms with Crippen molar-refractivity contribution in [2.75, 3.05) is 0 Å². The van der Waals surface area contributed by atoms with Crippen molar-refractivity contribution in [1.29, 1.82) is 0 Å². The fraction of sp³-hybridized carbons (Fsp3) is 0.400. The largest absolute Gasteiger partial charge is 0.393 e. The van der Waals surface area contributed by atoms with Crippen molar-refractivity contribution in [3.63, 3.8) is 0 Å². The maximum Gasteiger partial charge on any atom is 0.393 e. The van der Waals surface area contributed by atoms with Gasteiger partial charge in [0.1, 0.15) is 0 Å². The number of aryl methyl sites for hydroxylation is 2. The molecule has 0 saturated carbocycles. The summed E-state index contributed by atoms with van der Waals surface area (Å²) in [6.07, 6.45) is -5.67. The van der Waals surface area contributed by atoms with Gasteiger partial charge < -0.3 is 0 Å². The first kappa shape index (κ1) is 11.7. The quantitative estimate of drug-likeness (QED) is 0.832. The molecule has 2 rings (SSSR count). The van der Waals surface area contributed by atoms with Crippen LogP contribution in [0.15, 0.2) is 10.9 Å². The molecular weight excluding hydrogens is 235 g/mol. The molecule has 0 aliphatic carbocycles. The molecule has 7 heteroatoms. The summed E-state index contributed by atoms with van der Waals surface area (Å²) >= 11 is 0. The second kappa shape index (κ2) is 3.61. The summed E-state index contributed by atoms with van der Waals surface area (Å²) < 4.78 is 38.0. The lowest BCUT2D eigenvalue weighted by Gasteiger charge is -2.08. The summed E-state index contributed by atoms with van der Waals surface area (Å²) in [6.45, 7) is 3.11. The highest BCUT2D eigenvalue weighted by Crippen LogP contribution is 2.20. The second-order valence-corrected chi connectivity index (χ2v) is 3.91. The Labute approximate surface area is 94.1 Å².